The average Bonchev–Trinajstić information content (AvgIpc) is 2.85. The topological polar surface area (TPSA) is 87.7 Å². The van der Waals surface area contributed by atoms with Crippen LogP contribution in [0, 0.1) is 5.92 Å². The first kappa shape index (κ1) is 24.8. The zero-order chi connectivity index (χ0) is 23.5. The summed E-state index contributed by atoms with van der Waals surface area (Å²) in [5.41, 5.74) is 3.49. The molecule has 2 amide bonds. The van der Waals surface area contributed by atoms with Gasteiger partial charge in [0.25, 0.3) is 0 Å². The highest BCUT2D eigenvalue weighted by Crippen LogP contribution is 2.27. The molecule has 1 aliphatic carbocycles. The molecule has 1 fully saturated rings. The zero-order valence-corrected chi connectivity index (χ0v) is 19.5. The van der Waals surface area contributed by atoms with Gasteiger partial charge < -0.3 is 20.5 Å². The number of amides is 2. The molecule has 6 heteroatoms. The minimum absolute atomic E-state index is 0.190. The van der Waals surface area contributed by atoms with Gasteiger partial charge in [0.2, 0.25) is 0 Å². The van der Waals surface area contributed by atoms with Gasteiger partial charge >= 0.3 is 12.0 Å². The van der Waals surface area contributed by atoms with Crippen LogP contribution in [0.15, 0.2) is 54.6 Å². The fourth-order valence-electron chi connectivity index (χ4n) is 4.57. The molecule has 0 saturated heterocycles. The quantitative estimate of drug-likeness (QED) is 0.476. The van der Waals surface area contributed by atoms with Crippen LogP contribution in [-0.2, 0) is 22.4 Å². The molecule has 3 N–H and O–H groups in total. The Kier molecular flexibility index (Phi) is 9.76. The molecule has 0 unspecified atom stereocenters. The van der Waals surface area contributed by atoms with E-state index >= 15 is 0 Å². The Balaban J connectivity index is 1.52. The summed E-state index contributed by atoms with van der Waals surface area (Å²) in [5.74, 6) is -0.00327. The van der Waals surface area contributed by atoms with E-state index in [9.17, 15) is 14.7 Å². The van der Waals surface area contributed by atoms with E-state index in [2.05, 4.69) is 34.9 Å². The summed E-state index contributed by atoms with van der Waals surface area (Å²) in [6.07, 6.45) is 7.68. The summed E-state index contributed by atoms with van der Waals surface area (Å²) in [5, 5.41) is 15.4. The SMILES string of the molecule is COC(=O)[C@H](CC1CCCCC1)NC(=O)N[C@H](CO)Cc1ccc(Cc2ccccc2)cc1. The van der Waals surface area contributed by atoms with Crippen molar-refractivity contribution in [2.75, 3.05) is 13.7 Å². The summed E-state index contributed by atoms with van der Waals surface area (Å²) in [7, 11) is 1.34. The predicted molar refractivity (Wildman–Crippen MR) is 129 cm³/mol. The second kappa shape index (κ2) is 13.0. The van der Waals surface area contributed by atoms with E-state index in [1.54, 1.807) is 0 Å². The lowest BCUT2D eigenvalue weighted by molar-refractivity contribution is -0.143. The van der Waals surface area contributed by atoms with Crippen molar-refractivity contribution in [1.29, 1.82) is 0 Å². The summed E-state index contributed by atoms with van der Waals surface area (Å²) < 4.78 is 4.90. The van der Waals surface area contributed by atoms with E-state index in [0.717, 1.165) is 24.8 Å². The number of ether oxygens (including phenoxy) is 1. The number of carbonyl (C=O) groups is 2. The number of methoxy groups -OCH3 is 1. The van der Waals surface area contributed by atoms with Gasteiger partial charge in [0.05, 0.1) is 19.8 Å². The third-order valence-corrected chi connectivity index (χ3v) is 6.40. The summed E-state index contributed by atoms with van der Waals surface area (Å²) >= 11 is 0. The van der Waals surface area contributed by atoms with E-state index < -0.39 is 24.1 Å². The number of urea groups is 1. The molecule has 0 radical (unpaired) electrons. The van der Waals surface area contributed by atoms with Crippen molar-refractivity contribution < 1.29 is 19.4 Å². The molecule has 0 aliphatic heterocycles. The lowest BCUT2D eigenvalue weighted by Gasteiger charge is -2.26. The molecule has 3 rings (SSSR count). The Morgan fingerprint density at radius 2 is 1.58 bits per heavy atom. The average molecular weight is 453 g/mol. The molecule has 0 heterocycles. The molecule has 2 aromatic carbocycles. The molecule has 2 atom stereocenters. The Bertz CT molecular complexity index is 863. The lowest BCUT2D eigenvalue weighted by Crippen LogP contribution is -2.51. The standard InChI is InChI=1S/C27H36N2O4/c1-33-26(31)25(18-21-10-6-3-7-11-21)29-27(32)28-24(19-30)17-23-14-12-22(13-15-23)16-20-8-4-2-5-9-20/h2,4-5,8-9,12-15,21,24-25,30H,3,6-7,10-11,16-19H2,1H3,(H2,28,29,32)/t24-,25-/m0/s1. The number of nitrogens with one attached hydrogen (secondary N) is 2. The van der Waals surface area contributed by atoms with Gasteiger partial charge in [-0.25, -0.2) is 9.59 Å². The minimum atomic E-state index is -0.672. The van der Waals surface area contributed by atoms with E-state index in [0.29, 0.717) is 18.8 Å². The highest BCUT2D eigenvalue weighted by molar-refractivity contribution is 5.83. The van der Waals surface area contributed by atoms with Crippen LogP contribution in [0.25, 0.3) is 0 Å². The van der Waals surface area contributed by atoms with Crippen molar-refractivity contribution in [2.45, 2.75) is 63.5 Å². The second-order valence-corrected chi connectivity index (χ2v) is 9.00. The number of benzene rings is 2. The van der Waals surface area contributed by atoms with Crippen LogP contribution in [0.3, 0.4) is 0 Å². The number of rotatable bonds is 10. The Morgan fingerprint density at radius 1 is 0.939 bits per heavy atom. The Morgan fingerprint density at radius 3 is 2.21 bits per heavy atom. The molecule has 2 aromatic rings. The van der Waals surface area contributed by atoms with Gasteiger partial charge in [-0.15, -0.1) is 0 Å². The zero-order valence-electron chi connectivity index (χ0n) is 19.5. The minimum Gasteiger partial charge on any atom is -0.467 e. The van der Waals surface area contributed by atoms with Gasteiger partial charge in [-0.3, -0.25) is 0 Å². The van der Waals surface area contributed by atoms with Gasteiger partial charge in [-0.1, -0.05) is 86.7 Å². The largest absolute Gasteiger partial charge is 0.467 e. The maximum Gasteiger partial charge on any atom is 0.328 e. The molecule has 1 aliphatic rings. The van der Waals surface area contributed by atoms with E-state index in [1.807, 2.05) is 30.3 Å². The molecule has 0 spiro atoms. The van der Waals surface area contributed by atoms with Crippen LogP contribution in [-0.4, -0.2) is 42.9 Å². The van der Waals surface area contributed by atoms with Crippen LogP contribution in [0.4, 0.5) is 4.79 Å². The third-order valence-electron chi connectivity index (χ3n) is 6.40. The maximum absolute atomic E-state index is 12.6. The first-order valence-corrected chi connectivity index (χ1v) is 11.9. The summed E-state index contributed by atoms with van der Waals surface area (Å²) in [6, 6.07) is 16.9. The van der Waals surface area contributed by atoms with Crippen LogP contribution >= 0.6 is 0 Å². The summed E-state index contributed by atoms with van der Waals surface area (Å²) in [4.78, 5) is 24.8. The summed E-state index contributed by atoms with van der Waals surface area (Å²) in [6.45, 7) is -0.190. The number of esters is 1. The van der Waals surface area contributed by atoms with E-state index in [1.165, 1.54) is 37.5 Å². The normalized spacial score (nSPS) is 15.9. The fraction of sp³-hybridized carbons (Fsp3) is 0.481. The Hall–Kier alpha value is -2.86. The maximum atomic E-state index is 12.6. The molecule has 1 saturated carbocycles. The second-order valence-electron chi connectivity index (χ2n) is 9.00. The van der Waals surface area contributed by atoms with Crippen molar-refractivity contribution in [3.63, 3.8) is 0 Å². The van der Waals surface area contributed by atoms with Crippen LogP contribution in [0.1, 0.15) is 55.2 Å². The number of hydrogen-bond acceptors (Lipinski definition) is 4. The van der Waals surface area contributed by atoms with Crippen molar-refractivity contribution in [3.8, 4) is 0 Å². The highest BCUT2D eigenvalue weighted by Gasteiger charge is 2.27. The number of aliphatic hydroxyl groups is 1. The first-order valence-electron chi connectivity index (χ1n) is 11.9. The van der Waals surface area contributed by atoms with Gasteiger partial charge in [-0.2, -0.15) is 0 Å². The van der Waals surface area contributed by atoms with Gasteiger partial charge in [-0.05, 0) is 41.9 Å². The van der Waals surface area contributed by atoms with Gasteiger partial charge in [0.1, 0.15) is 6.04 Å². The predicted octanol–water partition coefficient (Wildman–Crippen LogP) is 3.99. The monoisotopic (exact) mass is 452 g/mol. The van der Waals surface area contributed by atoms with Crippen molar-refractivity contribution in [3.05, 3.63) is 71.3 Å². The van der Waals surface area contributed by atoms with Crippen molar-refractivity contribution in [2.24, 2.45) is 5.92 Å². The number of hydrogen-bond donors (Lipinski definition) is 3. The fourth-order valence-corrected chi connectivity index (χ4v) is 4.57. The molecule has 178 valence electrons. The first-order chi connectivity index (χ1) is 16.1. The van der Waals surface area contributed by atoms with Crippen LogP contribution < -0.4 is 10.6 Å². The smallest absolute Gasteiger partial charge is 0.328 e. The number of carbonyl (C=O) groups excluding carboxylic acids is 2. The number of aliphatic hydroxyl groups excluding tert-OH is 1. The highest BCUT2D eigenvalue weighted by atomic mass is 16.5. The lowest BCUT2D eigenvalue weighted by atomic mass is 9.85. The molecule has 0 aromatic heterocycles. The van der Waals surface area contributed by atoms with Gasteiger partial charge in [0.15, 0.2) is 0 Å². The molecular weight excluding hydrogens is 416 g/mol. The van der Waals surface area contributed by atoms with E-state index in [4.69, 9.17) is 4.74 Å². The van der Waals surface area contributed by atoms with Crippen LogP contribution in [0.2, 0.25) is 0 Å². The molecule has 33 heavy (non-hydrogen) atoms. The van der Waals surface area contributed by atoms with Crippen molar-refractivity contribution in [1.82, 2.24) is 10.6 Å². The Labute approximate surface area is 196 Å². The van der Waals surface area contributed by atoms with Crippen molar-refractivity contribution >= 4 is 12.0 Å². The molecule has 6 nitrogen and oxygen atoms in total. The van der Waals surface area contributed by atoms with Gasteiger partial charge in [0, 0.05) is 0 Å². The van der Waals surface area contributed by atoms with Crippen LogP contribution in [0.5, 0.6) is 0 Å². The molecular formula is C27H36N2O4. The third kappa shape index (κ3) is 8.21. The van der Waals surface area contributed by atoms with E-state index in [-0.39, 0.29) is 6.61 Å². The molecule has 0 bridgehead atoms.